The van der Waals surface area contributed by atoms with Gasteiger partial charge in [-0.15, -0.1) is 0 Å². The zero-order valence-corrected chi connectivity index (χ0v) is 9.59. The van der Waals surface area contributed by atoms with Crippen molar-refractivity contribution in [1.82, 2.24) is 9.88 Å². The molecule has 88 valence electrons. The monoisotopic (exact) mass is 231 g/mol. The van der Waals surface area contributed by atoms with E-state index in [4.69, 9.17) is 10.00 Å². The maximum atomic E-state index is 11.3. The van der Waals surface area contributed by atoms with E-state index in [0.717, 1.165) is 0 Å². The first-order chi connectivity index (χ1) is 8.24. The van der Waals surface area contributed by atoms with Crippen molar-refractivity contribution in [2.24, 2.45) is 0 Å². The number of pyridine rings is 1. The van der Waals surface area contributed by atoms with Crippen LogP contribution < -0.4 is 4.74 Å². The van der Waals surface area contributed by atoms with E-state index in [1.54, 1.807) is 23.2 Å². The van der Waals surface area contributed by atoms with Crippen LogP contribution in [0.15, 0.2) is 18.3 Å². The van der Waals surface area contributed by atoms with Gasteiger partial charge in [-0.2, -0.15) is 5.26 Å². The Kier molecular flexibility index (Phi) is 3.24. The van der Waals surface area contributed by atoms with Crippen molar-refractivity contribution in [1.29, 1.82) is 5.26 Å². The fourth-order valence-corrected chi connectivity index (χ4v) is 1.67. The SMILES string of the molecule is CCC(=O)N1CC(Oc2ncccc2C#N)C1. The molecule has 0 aromatic carbocycles. The molecule has 17 heavy (non-hydrogen) atoms. The van der Waals surface area contributed by atoms with Crippen LogP contribution in [-0.2, 0) is 4.79 Å². The van der Waals surface area contributed by atoms with Gasteiger partial charge in [0.15, 0.2) is 0 Å². The Labute approximate surface area is 99.6 Å². The standard InChI is InChI=1S/C12H13N3O2/c1-2-11(16)15-7-10(8-15)17-12-9(6-13)4-3-5-14-12/h3-5,10H,2,7-8H2,1H3. The Bertz CT molecular complexity index is 461. The van der Waals surface area contributed by atoms with E-state index in [2.05, 4.69) is 4.98 Å². The zero-order valence-electron chi connectivity index (χ0n) is 9.59. The summed E-state index contributed by atoms with van der Waals surface area (Å²) in [6, 6.07) is 5.38. The number of ether oxygens (including phenoxy) is 1. The minimum Gasteiger partial charge on any atom is -0.470 e. The minimum atomic E-state index is -0.0486. The van der Waals surface area contributed by atoms with Crippen LogP contribution in [0.4, 0.5) is 0 Å². The Morgan fingerprint density at radius 3 is 3.12 bits per heavy atom. The molecule has 1 amide bonds. The molecule has 0 saturated carbocycles. The second-order valence-corrected chi connectivity index (χ2v) is 3.86. The van der Waals surface area contributed by atoms with E-state index in [1.165, 1.54) is 0 Å². The Hall–Kier alpha value is -2.09. The summed E-state index contributed by atoms with van der Waals surface area (Å²) in [6.07, 6.45) is 2.05. The van der Waals surface area contributed by atoms with Crippen molar-refractivity contribution >= 4 is 5.91 Å². The first-order valence-corrected chi connectivity index (χ1v) is 5.54. The molecule has 1 aliphatic rings. The average Bonchev–Trinajstić information content (AvgIpc) is 2.32. The van der Waals surface area contributed by atoms with E-state index in [0.29, 0.717) is 31.0 Å². The molecule has 2 heterocycles. The number of hydrogen-bond donors (Lipinski definition) is 0. The van der Waals surface area contributed by atoms with Crippen LogP contribution in [0.25, 0.3) is 0 Å². The van der Waals surface area contributed by atoms with Crippen molar-refractivity contribution in [2.75, 3.05) is 13.1 Å². The number of carbonyl (C=O) groups excluding carboxylic acids is 1. The summed E-state index contributed by atoms with van der Waals surface area (Å²) in [6.45, 7) is 2.99. The smallest absolute Gasteiger partial charge is 0.232 e. The quantitative estimate of drug-likeness (QED) is 0.776. The molecule has 5 nitrogen and oxygen atoms in total. The molecule has 1 aromatic rings. The Morgan fingerprint density at radius 2 is 2.47 bits per heavy atom. The molecule has 0 aliphatic carbocycles. The molecular formula is C12H13N3O2. The molecule has 2 rings (SSSR count). The molecule has 0 atom stereocenters. The molecule has 0 N–H and O–H groups in total. The average molecular weight is 231 g/mol. The molecule has 0 spiro atoms. The van der Waals surface area contributed by atoms with Crippen molar-refractivity contribution in [3.63, 3.8) is 0 Å². The van der Waals surface area contributed by atoms with E-state index < -0.39 is 0 Å². The van der Waals surface area contributed by atoms with Crippen LogP contribution in [0.5, 0.6) is 5.88 Å². The van der Waals surface area contributed by atoms with Crippen LogP contribution >= 0.6 is 0 Å². The largest absolute Gasteiger partial charge is 0.470 e. The fourth-order valence-electron chi connectivity index (χ4n) is 1.67. The van der Waals surface area contributed by atoms with E-state index in [1.807, 2.05) is 13.0 Å². The number of likely N-dealkylation sites (tertiary alicyclic amines) is 1. The number of nitrogens with zero attached hydrogens (tertiary/aromatic N) is 3. The maximum absolute atomic E-state index is 11.3. The molecule has 0 bridgehead atoms. The van der Waals surface area contributed by atoms with Gasteiger partial charge in [-0.3, -0.25) is 4.79 Å². The van der Waals surface area contributed by atoms with Gasteiger partial charge in [0, 0.05) is 12.6 Å². The van der Waals surface area contributed by atoms with Crippen LogP contribution in [0, 0.1) is 11.3 Å². The van der Waals surface area contributed by atoms with Crippen LogP contribution in [0.3, 0.4) is 0 Å². The summed E-state index contributed by atoms with van der Waals surface area (Å²) in [5.74, 6) is 0.481. The first-order valence-electron chi connectivity index (χ1n) is 5.54. The van der Waals surface area contributed by atoms with Gasteiger partial charge in [-0.25, -0.2) is 4.98 Å². The molecule has 1 saturated heterocycles. The summed E-state index contributed by atoms with van der Waals surface area (Å²) in [5.41, 5.74) is 0.424. The minimum absolute atomic E-state index is 0.0486. The van der Waals surface area contributed by atoms with Crippen molar-refractivity contribution in [3.8, 4) is 11.9 Å². The Balaban J connectivity index is 1.92. The van der Waals surface area contributed by atoms with Gasteiger partial charge in [0.2, 0.25) is 11.8 Å². The highest BCUT2D eigenvalue weighted by molar-refractivity contribution is 5.76. The van der Waals surface area contributed by atoms with E-state index in [9.17, 15) is 4.79 Å². The lowest BCUT2D eigenvalue weighted by molar-refractivity contribution is -0.139. The van der Waals surface area contributed by atoms with Crippen molar-refractivity contribution in [2.45, 2.75) is 19.4 Å². The number of carbonyl (C=O) groups is 1. The molecular weight excluding hydrogens is 218 g/mol. The normalized spacial score (nSPS) is 14.9. The number of hydrogen-bond acceptors (Lipinski definition) is 4. The maximum Gasteiger partial charge on any atom is 0.232 e. The number of amides is 1. The summed E-state index contributed by atoms with van der Waals surface area (Å²) < 4.78 is 5.57. The fraction of sp³-hybridized carbons (Fsp3) is 0.417. The molecule has 1 aromatic heterocycles. The van der Waals surface area contributed by atoms with E-state index >= 15 is 0 Å². The topological polar surface area (TPSA) is 66.2 Å². The molecule has 1 fully saturated rings. The van der Waals surface area contributed by atoms with Gasteiger partial charge in [-0.1, -0.05) is 6.92 Å². The summed E-state index contributed by atoms with van der Waals surface area (Å²) >= 11 is 0. The third-order valence-corrected chi connectivity index (χ3v) is 2.67. The van der Waals surface area contributed by atoms with Crippen LogP contribution in [0.2, 0.25) is 0 Å². The second-order valence-electron chi connectivity index (χ2n) is 3.86. The zero-order chi connectivity index (χ0) is 12.3. The number of rotatable bonds is 3. The van der Waals surface area contributed by atoms with Gasteiger partial charge >= 0.3 is 0 Å². The van der Waals surface area contributed by atoms with Crippen molar-refractivity contribution < 1.29 is 9.53 Å². The lowest BCUT2D eigenvalue weighted by Crippen LogP contribution is -2.56. The summed E-state index contributed by atoms with van der Waals surface area (Å²) in [7, 11) is 0. The number of aromatic nitrogens is 1. The van der Waals surface area contributed by atoms with Gasteiger partial charge in [-0.05, 0) is 12.1 Å². The summed E-state index contributed by atoms with van der Waals surface area (Å²) in [5, 5.41) is 8.87. The highest BCUT2D eigenvalue weighted by Gasteiger charge is 2.31. The highest BCUT2D eigenvalue weighted by Crippen LogP contribution is 2.19. The lowest BCUT2D eigenvalue weighted by Gasteiger charge is -2.38. The lowest BCUT2D eigenvalue weighted by atomic mass is 10.1. The van der Waals surface area contributed by atoms with Gasteiger partial charge in [0.1, 0.15) is 17.7 Å². The predicted octanol–water partition coefficient (Wildman–Crippen LogP) is 0.953. The number of nitriles is 1. The molecule has 1 aliphatic heterocycles. The predicted molar refractivity (Wildman–Crippen MR) is 60.2 cm³/mol. The second kappa shape index (κ2) is 4.83. The van der Waals surface area contributed by atoms with Crippen LogP contribution in [0.1, 0.15) is 18.9 Å². The Morgan fingerprint density at radius 1 is 1.71 bits per heavy atom. The van der Waals surface area contributed by atoms with E-state index in [-0.39, 0.29) is 12.0 Å². The molecule has 0 radical (unpaired) electrons. The van der Waals surface area contributed by atoms with Gasteiger partial charge in [0.25, 0.3) is 0 Å². The third kappa shape index (κ3) is 2.36. The molecule has 5 heteroatoms. The molecule has 0 unspecified atom stereocenters. The third-order valence-electron chi connectivity index (χ3n) is 2.67. The first kappa shape index (κ1) is 11.4. The van der Waals surface area contributed by atoms with Gasteiger partial charge in [0.05, 0.1) is 13.1 Å². The summed E-state index contributed by atoms with van der Waals surface area (Å²) in [4.78, 5) is 17.1. The van der Waals surface area contributed by atoms with Crippen molar-refractivity contribution in [3.05, 3.63) is 23.9 Å². The van der Waals surface area contributed by atoms with Gasteiger partial charge < -0.3 is 9.64 Å². The van der Waals surface area contributed by atoms with Crippen LogP contribution in [-0.4, -0.2) is 35.0 Å². The highest BCUT2D eigenvalue weighted by atomic mass is 16.5.